The molecular formula is C9H15ClN2. The zero-order chi connectivity index (χ0) is 9.14. The fraction of sp³-hybridized carbons (Fsp3) is 0.667. The Balaban J connectivity index is 2.69. The second-order valence-corrected chi connectivity index (χ2v) is 3.65. The molecule has 0 fully saturated rings. The van der Waals surface area contributed by atoms with Gasteiger partial charge in [0.25, 0.3) is 0 Å². The number of aryl methyl sites for hydroxylation is 1. The summed E-state index contributed by atoms with van der Waals surface area (Å²) in [5, 5.41) is 4.18. The Bertz CT molecular complexity index is 255. The Labute approximate surface area is 78.5 Å². The lowest BCUT2D eigenvalue weighted by molar-refractivity contribution is 0.649. The molecule has 3 heteroatoms. The quantitative estimate of drug-likeness (QED) is 0.662. The molecule has 0 spiro atoms. The van der Waals surface area contributed by atoms with E-state index in [1.165, 1.54) is 11.3 Å². The molecule has 68 valence electrons. The standard InChI is InChI=1S/C9H15ClN2/c1-7(5-10)4-9-6-11-12(3)8(9)2/h6-7H,4-5H2,1-3H3. The highest BCUT2D eigenvalue weighted by Crippen LogP contribution is 2.12. The maximum absolute atomic E-state index is 5.73. The van der Waals surface area contributed by atoms with Crippen LogP contribution in [0.1, 0.15) is 18.2 Å². The lowest BCUT2D eigenvalue weighted by Gasteiger charge is -2.05. The molecule has 1 aromatic heterocycles. The normalized spacial score (nSPS) is 13.3. The third-order valence-corrected chi connectivity index (χ3v) is 2.70. The van der Waals surface area contributed by atoms with Crippen molar-refractivity contribution in [2.24, 2.45) is 13.0 Å². The molecule has 0 saturated heterocycles. The molecule has 1 heterocycles. The molecule has 0 N–H and O–H groups in total. The van der Waals surface area contributed by atoms with Crippen LogP contribution in [0.25, 0.3) is 0 Å². The first-order valence-electron chi connectivity index (χ1n) is 4.18. The van der Waals surface area contributed by atoms with Gasteiger partial charge in [-0.05, 0) is 24.8 Å². The van der Waals surface area contributed by atoms with E-state index in [0.717, 1.165) is 6.42 Å². The fourth-order valence-corrected chi connectivity index (χ4v) is 1.28. The second-order valence-electron chi connectivity index (χ2n) is 3.34. The van der Waals surface area contributed by atoms with Gasteiger partial charge in [-0.15, -0.1) is 11.6 Å². The Hall–Kier alpha value is -0.500. The van der Waals surface area contributed by atoms with Crippen molar-refractivity contribution in [3.05, 3.63) is 17.5 Å². The summed E-state index contributed by atoms with van der Waals surface area (Å²) >= 11 is 5.73. The van der Waals surface area contributed by atoms with Crippen LogP contribution in [0.5, 0.6) is 0 Å². The first kappa shape index (κ1) is 9.59. The van der Waals surface area contributed by atoms with Gasteiger partial charge in [-0.2, -0.15) is 5.10 Å². The molecular weight excluding hydrogens is 172 g/mol. The lowest BCUT2D eigenvalue weighted by atomic mass is 10.0. The van der Waals surface area contributed by atoms with Crippen molar-refractivity contribution in [1.82, 2.24) is 9.78 Å². The van der Waals surface area contributed by atoms with Crippen molar-refractivity contribution in [3.63, 3.8) is 0 Å². The SMILES string of the molecule is Cc1c(CC(C)CCl)cnn1C. The van der Waals surface area contributed by atoms with Crippen molar-refractivity contribution >= 4 is 11.6 Å². The second kappa shape index (κ2) is 3.94. The van der Waals surface area contributed by atoms with E-state index in [2.05, 4.69) is 18.9 Å². The Kier molecular flexibility index (Phi) is 3.15. The summed E-state index contributed by atoms with van der Waals surface area (Å²) in [7, 11) is 1.96. The van der Waals surface area contributed by atoms with Crippen molar-refractivity contribution in [3.8, 4) is 0 Å². The number of alkyl halides is 1. The van der Waals surface area contributed by atoms with Gasteiger partial charge in [0.05, 0.1) is 6.20 Å². The summed E-state index contributed by atoms with van der Waals surface area (Å²) in [5.74, 6) is 1.25. The van der Waals surface area contributed by atoms with Gasteiger partial charge in [-0.1, -0.05) is 6.92 Å². The van der Waals surface area contributed by atoms with E-state index < -0.39 is 0 Å². The van der Waals surface area contributed by atoms with Crippen LogP contribution in [0.3, 0.4) is 0 Å². The third kappa shape index (κ3) is 2.01. The van der Waals surface area contributed by atoms with Gasteiger partial charge in [0.15, 0.2) is 0 Å². The van der Waals surface area contributed by atoms with Crippen LogP contribution in [0.15, 0.2) is 6.20 Å². The zero-order valence-electron chi connectivity index (χ0n) is 7.84. The zero-order valence-corrected chi connectivity index (χ0v) is 8.60. The molecule has 1 atom stereocenters. The largest absolute Gasteiger partial charge is 0.273 e. The van der Waals surface area contributed by atoms with Crippen molar-refractivity contribution < 1.29 is 0 Å². The molecule has 1 unspecified atom stereocenters. The van der Waals surface area contributed by atoms with Gasteiger partial charge in [-0.3, -0.25) is 4.68 Å². The van der Waals surface area contributed by atoms with E-state index in [4.69, 9.17) is 11.6 Å². The summed E-state index contributed by atoms with van der Waals surface area (Å²) in [6.45, 7) is 4.24. The Morgan fingerprint density at radius 3 is 2.75 bits per heavy atom. The smallest absolute Gasteiger partial charge is 0.0524 e. The minimum Gasteiger partial charge on any atom is -0.273 e. The molecule has 0 aliphatic carbocycles. The van der Waals surface area contributed by atoms with Crippen LogP contribution in [-0.2, 0) is 13.5 Å². The lowest BCUT2D eigenvalue weighted by Crippen LogP contribution is -2.02. The van der Waals surface area contributed by atoms with Gasteiger partial charge in [0.2, 0.25) is 0 Å². The molecule has 0 amide bonds. The van der Waals surface area contributed by atoms with Crippen LogP contribution >= 0.6 is 11.6 Å². The molecule has 0 aliphatic rings. The molecule has 0 saturated carbocycles. The average Bonchev–Trinajstić information content (AvgIpc) is 2.36. The van der Waals surface area contributed by atoms with Crippen molar-refractivity contribution in [2.45, 2.75) is 20.3 Å². The van der Waals surface area contributed by atoms with Gasteiger partial charge in [0.1, 0.15) is 0 Å². The first-order valence-corrected chi connectivity index (χ1v) is 4.72. The van der Waals surface area contributed by atoms with E-state index in [1.54, 1.807) is 0 Å². The maximum atomic E-state index is 5.73. The molecule has 1 rings (SSSR count). The summed E-state index contributed by atoms with van der Waals surface area (Å²) in [5.41, 5.74) is 2.55. The molecule has 1 aromatic rings. The highest BCUT2D eigenvalue weighted by molar-refractivity contribution is 6.18. The van der Waals surface area contributed by atoms with Crippen molar-refractivity contribution in [2.75, 3.05) is 5.88 Å². The van der Waals surface area contributed by atoms with Crippen LogP contribution < -0.4 is 0 Å². The summed E-state index contributed by atoms with van der Waals surface area (Å²) < 4.78 is 1.90. The predicted molar refractivity (Wildman–Crippen MR) is 51.5 cm³/mol. The van der Waals surface area contributed by atoms with E-state index in [-0.39, 0.29) is 0 Å². The first-order chi connectivity index (χ1) is 5.65. The summed E-state index contributed by atoms with van der Waals surface area (Å²) in [6.07, 6.45) is 2.96. The minimum absolute atomic E-state index is 0.537. The minimum atomic E-state index is 0.537. The maximum Gasteiger partial charge on any atom is 0.0524 e. The van der Waals surface area contributed by atoms with Crippen molar-refractivity contribution in [1.29, 1.82) is 0 Å². The molecule has 0 aliphatic heterocycles. The van der Waals surface area contributed by atoms with Crippen LogP contribution in [0.2, 0.25) is 0 Å². The molecule has 2 nitrogen and oxygen atoms in total. The predicted octanol–water partition coefficient (Wildman–Crippen LogP) is 2.15. The summed E-state index contributed by atoms with van der Waals surface area (Å²) in [4.78, 5) is 0. The highest BCUT2D eigenvalue weighted by atomic mass is 35.5. The van der Waals surface area contributed by atoms with E-state index in [0.29, 0.717) is 11.8 Å². The van der Waals surface area contributed by atoms with Crippen LogP contribution in [-0.4, -0.2) is 15.7 Å². The van der Waals surface area contributed by atoms with Gasteiger partial charge in [-0.25, -0.2) is 0 Å². The van der Waals surface area contributed by atoms with Gasteiger partial charge < -0.3 is 0 Å². The van der Waals surface area contributed by atoms with Gasteiger partial charge >= 0.3 is 0 Å². The Morgan fingerprint density at radius 1 is 1.67 bits per heavy atom. The highest BCUT2D eigenvalue weighted by Gasteiger charge is 2.07. The van der Waals surface area contributed by atoms with Gasteiger partial charge in [0, 0.05) is 18.6 Å². The Morgan fingerprint density at radius 2 is 2.33 bits per heavy atom. The van der Waals surface area contributed by atoms with E-state index in [9.17, 15) is 0 Å². The molecule has 0 aromatic carbocycles. The topological polar surface area (TPSA) is 17.8 Å². The number of hydrogen-bond donors (Lipinski definition) is 0. The van der Waals surface area contributed by atoms with E-state index in [1.807, 2.05) is 17.9 Å². The molecule has 12 heavy (non-hydrogen) atoms. The summed E-state index contributed by atoms with van der Waals surface area (Å²) in [6, 6.07) is 0. The third-order valence-electron chi connectivity index (χ3n) is 2.17. The number of nitrogens with zero attached hydrogens (tertiary/aromatic N) is 2. The fourth-order valence-electron chi connectivity index (χ4n) is 1.17. The number of aromatic nitrogens is 2. The number of halogens is 1. The van der Waals surface area contributed by atoms with E-state index >= 15 is 0 Å². The molecule has 0 radical (unpaired) electrons. The number of rotatable bonds is 3. The van der Waals surface area contributed by atoms with Crippen LogP contribution in [0, 0.1) is 12.8 Å². The number of hydrogen-bond acceptors (Lipinski definition) is 1. The average molecular weight is 187 g/mol. The monoisotopic (exact) mass is 186 g/mol. The molecule has 0 bridgehead atoms. The van der Waals surface area contributed by atoms with Crippen LogP contribution in [0.4, 0.5) is 0 Å².